The fourth-order valence-corrected chi connectivity index (χ4v) is 1.97. The maximum atomic E-state index is 6.01. The summed E-state index contributed by atoms with van der Waals surface area (Å²) in [5, 5.41) is 0. The second kappa shape index (κ2) is 4.01. The van der Waals surface area contributed by atoms with Crippen LogP contribution in [0.3, 0.4) is 0 Å². The third kappa shape index (κ3) is 1.91. The van der Waals surface area contributed by atoms with E-state index in [-0.39, 0.29) is 6.79 Å². The molecular formula is C14H13NO2. The van der Waals surface area contributed by atoms with Gasteiger partial charge in [0.05, 0.1) is 0 Å². The van der Waals surface area contributed by atoms with E-state index >= 15 is 0 Å². The Morgan fingerprint density at radius 2 is 1.71 bits per heavy atom. The van der Waals surface area contributed by atoms with Gasteiger partial charge in [0.25, 0.3) is 0 Å². The molecule has 0 bridgehead atoms. The molecule has 3 heteroatoms. The van der Waals surface area contributed by atoms with Crippen molar-refractivity contribution in [3.05, 3.63) is 53.6 Å². The SMILES string of the molecule is Nc1cc2c(cc1Cc1ccccc1)OCO2. The predicted molar refractivity (Wildman–Crippen MR) is 66.2 cm³/mol. The standard InChI is InChI=1S/C14H13NO2/c15-12-8-14-13(16-9-17-14)7-11(12)6-10-4-2-1-3-5-10/h1-5,7-8H,6,9,15H2. The van der Waals surface area contributed by atoms with Gasteiger partial charge >= 0.3 is 0 Å². The summed E-state index contributed by atoms with van der Waals surface area (Å²) < 4.78 is 10.6. The Morgan fingerprint density at radius 3 is 2.47 bits per heavy atom. The van der Waals surface area contributed by atoms with E-state index in [1.54, 1.807) is 0 Å². The molecule has 0 atom stereocenters. The van der Waals surface area contributed by atoms with Crippen molar-refractivity contribution < 1.29 is 9.47 Å². The summed E-state index contributed by atoms with van der Waals surface area (Å²) in [4.78, 5) is 0. The van der Waals surface area contributed by atoms with E-state index < -0.39 is 0 Å². The number of ether oxygens (including phenoxy) is 2. The quantitative estimate of drug-likeness (QED) is 0.802. The topological polar surface area (TPSA) is 44.5 Å². The summed E-state index contributed by atoms with van der Waals surface area (Å²) in [5.41, 5.74) is 9.06. The van der Waals surface area contributed by atoms with E-state index in [1.165, 1.54) is 5.56 Å². The largest absolute Gasteiger partial charge is 0.454 e. The number of rotatable bonds is 2. The Labute approximate surface area is 99.8 Å². The molecule has 3 nitrogen and oxygen atoms in total. The Balaban J connectivity index is 1.93. The van der Waals surface area contributed by atoms with Gasteiger partial charge in [0.15, 0.2) is 11.5 Å². The first-order chi connectivity index (χ1) is 8.33. The van der Waals surface area contributed by atoms with Gasteiger partial charge in [-0.15, -0.1) is 0 Å². The third-order valence-corrected chi connectivity index (χ3v) is 2.87. The lowest BCUT2D eigenvalue weighted by molar-refractivity contribution is 0.174. The zero-order valence-electron chi connectivity index (χ0n) is 9.35. The second-order valence-electron chi connectivity index (χ2n) is 4.07. The van der Waals surface area contributed by atoms with Crippen molar-refractivity contribution >= 4 is 5.69 Å². The van der Waals surface area contributed by atoms with Gasteiger partial charge in [0, 0.05) is 11.8 Å². The molecule has 0 unspecified atom stereocenters. The smallest absolute Gasteiger partial charge is 0.231 e. The molecule has 2 aromatic carbocycles. The van der Waals surface area contributed by atoms with E-state index in [2.05, 4.69) is 12.1 Å². The molecule has 17 heavy (non-hydrogen) atoms. The molecule has 2 aromatic rings. The number of hydrogen-bond acceptors (Lipinski definition) is 3. The molecule has 0 saturated carbocycles. The summed E-state index contributed by atoms with van der Waals surface area (Å²) in [5.74, 6) is 1.52. The lowest BCUT2D eigenvalue weighted by Gasteiger charge is -2.07. The van der Waals surface area contributed by atoms with Crippen LogP contribution in [0.4, 0.5) is 5.69 Å². The van der Waals surface area contributed by atoms with Gasteiger partial charge in [0.1, 0.15) is 0 Å². The summed E-state index contributed by atoms with van der Waals surface area (Å²) in [7, 11) is 0. The van der Waals surface area contributed by atoms with E-state index in [0.29, 0.717) is 0 Å². The molecule has 0 amide bonds. The molecule has 1 heterocycles. The van der Waals surface area contributed by atoms with Crippen molar-refractivity contribution in [3.8, 4) is 11.5 Å². The molecule has 1 aliphatic rings. The number of anilines is 1. The monoisotopic (exact) mass is 227 g/mol. The number of fused-ring (bicyclic) bond motifs is 1. The van der Waals surface area contributed by atoms with Crippen molar-refractivity contribution in [3.63, 3.8) is 0 Å². The van der Waals surface area contributed by atoms with Crippen LogP contribution in [0.1, 0.15) is 11.1 Å². The predicted octanol–water partition coefficient (Wildman–Crippen LogP) is 2.59. The molecule has 0 aromatic heterocycles. The minimum Gasteiger partial charge on any atom is -0.454 e. The van der Waals surface area contributed by atoms with Crippen molar-refractivity contribution in [1.29, 1.82) is 0 Å². The zero-order chi connectivity index (χ0) is 11.7. The van der Waals surface area contributed by atoms with E-state index in [0.717, 1.165) is 29.2 Å². The molecule has 0 radical (unpaired) electrons. The fraction of sp³-hybridized carbons (Fsp3) is 0.143. The van der Waals surface area contributed by atoms with Crippen molar-refractivity contribution in [2.24, 2.45) is 0 Å². The molecule has 0 saturated heterocycles. The van der Waals surface area contributed by atoms with Crippen LogP contribution in [-0.4, -0.2) is 6.79 Å². The number of hydrogen-bond donors (Lipinski definition) is 1. The van der Waals surface area contributed by atoms with Crippen LogP contribution in [0.5, 0.6) is 11.5 Å². The van der Waals surface area contributed by atoms with Crippen LogP contribution < -0.4 is 15.2 Å². The van der Waals surface area contributed by atoms with Crippen molar-refractivity contribution in [1.82, 2.24) is 0 Å². The normalized spacial score (nSPS) is 12.7. The fourth-order valence-electron chi connectivity index (χ4n) is 1.97. The highest BCUT2D eigenvalue weighted by Gasteiger charge is 2.15. The first-order valence-corrected chi connectivity index (χ1v) is 5.55. The first kappa shape index (κ1) is 10.0. The molecule has 86 valence electrons. The maximum absolute atomic E-state index is 6.01. The summed E-state index contributed by atoms with van der Waals surface area (Å²) >= 11 is 0. The number of benzene rings is 2. The Morgan fingerprint density at radius 1 is 1.00 bits per heavy atom. The number of nitrogen functional groups attached to an aromatic ring is 1. The van der Waals surface area contributed by atoms with Crippen LogP contribution in [0.25, 0.3) is 0 Å². The molecule has 2 N–H and O–H groups in total. The van der Waals surface area contributed by atoms with Gasteiger partial charge in [-0.25, -0.2) is 0 Å². The highest BCUT2D eigenvalue weighted by molar-refractivity contribution is 5.59. The van der Waals surface area contributed by atoms with Crippen LogP contribution in [0.2, 0.25) is 0 Å². The molecule has 0 spiro atoms. The second-order valence-corrected chi connectivity index (χ2v) is 4.07. The minimum atomic E-state index is 0.281. The average molecular weight is 227 g/mol. The summed E-state index contributed by atoms with van der Waals surface area (Å²) in [6.07, 6.45) is 0.809. The van der Waals surface area contributed by atoms with Crippen LogP contribution in [-0.2, 0) is 6.42 Å². The Kier molecular flexibility index (Phi) is 2.37. The van der Waals surface area contributed by atoms with Gasteiger partial charge < -0.3 is 15.2 Å². The third-order valence-electron chi connectivity index (χ3n) is 2.87. The Bertz CT molecular complexity index is 537. The highest BCUT2D eigenvalue weighted by atomic mass is 16.7. The van der Waals surface area contributed by atoms with Crippen LogP contribution in [0, 0.1) is 0 Å². The van der Waals surface area contributed by atoms with Crippen molar-refractivity contribution in [2.75, 3.05) is 12.5 Å². The van der Waals surface area contributed by atoms with Gasteiger partial charge in [-0.05, 0) is 23.6 Å². The first-order valence-electron chi connectivity index (χ1n) is 5.55. The summed E-state index contributed by atoms with van der Waals surface area (Å²) in [6.45, 7) is 0.281. The van der Waals surface area contributed by atoms with Gasteiger partial charge in [-0.3, -0.25) is 0 Å². The highest BCUT2D eigenvalue weighted by Crippen LogP contribution is 2.36. The van der Waals surface area contributed by atoms with Gasteiger partial charge in [-0.2, -0.15) is 0 Å². The van der Waals surface area contributed by atoms with Crippen LogP contribution in [0.15, 0.2) is 42.5 Å². The summed E-state index contributed by atoms with van der Waals surface area (Å²) in [6, 6.07) is 14.0. The zero-order valence-corrected chi connectivity index (χ0v) is 9.35. The van der Waals surface area contributed by atoms with E-state index in [9.17, 15) is 0 Å². The molecule has 1 aliphatic heterocycles. The van der Waals surface area contributed by atoms with Gasteiger partial charge in [0.2, 0.25) is 6.79 Å². The Hall–Kier alpha value is -2.16. The molecule has 0 aliphatic carbocycles. The van der Waals surface area contributed by atoms with Gasteiger partial charge in [-0.1, -0.05) is 30.3 Å². The molecular weight excluding hydrogens is 214 g/mol. The van der Waals surface area contributed by atoms with E-state index in [4.69, 9.17) is 15.2 Å². The molecule has 3 rings (SSSR count). The van der Waals surface area contributed by atoms with Crippen LogP contribution >= 0.6 is 0 Å². The average Bonchev–Trinajstić information content (AvgIpc) is 2.78. The lowest BCUT2D eigenvalue weighted by Crippen LogP contribution is -1.95. The van der Waals surface area contributed by atoms with E-state index in [1.807, 2.05) is 30.3 Å². The van der Waals surface area contributed by atoms with Crippen molar-refractivity contribution in [2.45, 2.75) is 6.42 Å². The number of nitrogens with two attached hydrogens (primary N) is 1. The molecule has 0 fully saturated rings. The minimum absolute atomic E-state index is 0.281. The lowest BCUT2D eigenvalue weighted by atomic mass is 10.0. The maximum Gasteiger partial charge on any atom is 0.231 e.